The summed E-state index contributed by atoms with van der Waals surface area (Å²) in [5.74, 6) is -0.179. The molecule has 0 spiro atoms. The minimum absolute atomic E-state index is 0.0589. The highest BCUT2D eigenvalue weighted by atomic mass is 16.5. The van der Waals surface area contributed by atoms with Crippen molar-refractivity contribution >= 4 is 5.82 Å². The summed E-state index contributed by atoms with van der Waals surface area (Å²) in [7, 11) is 0. The lowest BCUT2D eigenvalue weighted by Gasteiger charge is -2.07. The van der Waals surface area contributed by atoms with Crippen LogP contribution in [-0.2, 0) is 0 Å². The van der Waals surface area contributed by atoms with Gasteiger partial charge in [-0.25, -0.2) is 9.71 Å². The average molecular weight is 212 g/mol. The molecule has 0 fully saturated rings. The Kier molecular flexibility index (Phi) is 2.40. The van der Waals surface area contributed by atoms with Crippen LogP contribution in [0.2, 0.25) is 0 Å². The molecule has 0 amide bonds. The quantitative estimate of drug-likeness (QED) is 0.560. The lowest BCUT2D eigenvalue weighted by atomic mass is 10.1. The molecule has 78 valence electrons. The molecule has 1 aromatic carbocycles. The molecule has 5 nitrogen and oxygen atoms in total. The van der Waals surface area contributed by atoms with Gasteiger partial charge >= 0.3 is 5.82 Å². The Morgan fingerprint density at radius 2 is 2.00 bits per heavy atom. The van der Waals surface area contributed by atoms with Crippen LogP contribution in [0.5, 0.6) is 0 Å². The third kappa shape index (κ3) is 1.64. The third-order valence-corrected chi connectivity index (χ3v) is 2.13. The third-order valence-electron chi connectivity index (χ3n) is 2.13. The summed E-state index contributed by atoms with van der Waals surface area (Å²) in [6.07, 6.45) is 1.26. The van der Waals surface area contributed by atoms with Crippen molar-refractivity contribution in [2.24, 2.45) is 0 Å². The van der Waals surface area contributed by atoms with Gasteiger partial charge in [-0.05, 0) is 0 Å². The van der Waals surface area contributed by atoms with Gasteiger partial charge in [0.2, 0.25) is 5.69 Å². The van der Waals surface area contributed by atoms with E-state index >= 15 is 0 Å². The number of nitrogens with two attached hydrogens (primary N) is 1. The normalized spacial score (nSPS) is 9.69. The number of nitrogens with zero attached hydrogens (tertiary/aromatic N) is 3. The maximum atomic E-state index is 11.4. The molecule has 0 aliphatic rings. The maximum Gasteiger partial charge on any atom is 0.312 e. The molecule has 0 radical (unpaired) electrons. The van der Waals surface area contributed by atoms with E-state index in [-0.39, 0.29) is 11.5 Å². The topological polar surface area (TPSA) is 89.6 Å². The SMILES string of the molecule is N#Cc1nc(-c2ccccc2)c[n+]([O-])c1N. The molecule has 0 atom stereocenters. The Balaban J connectivity index is 2.61. The molecule has 1 aromatic heterocycles. The molecule has 2 N–H and O–H groups in total. The van der Waals surface area contributed by atoms with Gasteiger partial charge in [0.15, 0.2) is 0 Å². The van der Waals surface area contributed by atoms with Crippen LogP contribution in [0.1, 0.15) is 5.69 Å². The van der Waals surface area contributed by atoms with Crippen LogP contribution in [0.25, 0.3) is 11.3 Å². The summed E-state index contributed by atoms with van der Waals surface area (Å²) in [4.78, 5) is 4.01. The fraction of sp³-hybridized carbons (Fsp3) is 0. The maximum absolute atomic E-state index is 11.4. The van der Waals surface area contributed by atoms with E-state index in [9.17, 15) is 5.21 Å². The van der Waals surface area contributed by atoms with Gasteiger partial charge in [0, 0.05) is 5.56 Å². The largest absolute Gasteiger partial charge is 0.710 e. The molecule has 1 heterocycles. The van der Waals surface area contributed by atoms with Crippen molar-refractivity contribution in [3.63, 3.8) is 0 Å². The first-order valence-electron chi connectivity index (χ1n) is 4.57. The van der Waals surface area contributed by atoms with E-state index in [0.717, 1.165) is 5.56 Å². The Bertz CT molecular complexity index is 560. The first kappa shape index (κ1) is 9.93. The summed E-state index contributed by atoms with van der Waals surface area (Å²) >= 11 is 0. The van der Waals surface area contributed by atoms with Crippen LogP contribution >= 0.6 is 0 Å². The smallest absolute Gasteiger partial charge is 0.312 e. The Morgan fingerprint density at radius 1 is 1.31 bits per heavy atom. The molecule has 2 aromatic rings. The number of rotatable bonds is 1. The first-order chi connectivity index (χ1) is 7.72. The number of hydrogen-bond acceptors (Lipinski definition) is 4. The zero-order valence-electron chi connectivity index (χ0n) is 8.29. The highest BCUT2D eigenvalue weighted by molar-refractivity contribution is 5.59. The molecule has 0 saturated carbocycles. The summed E-state index contributed by atoms with van der Waals surface area (Å²) in [5, 5.41) is 20.2. The fourth-order valence-corrected chi connectivity index (χ4v) is 1.32. The van der Waals surface area contributed by atoms with Gasteiger partial charge in [0.05, 0.1) is 0 Å². The number of hydrogen-bond donors (Lipinski definition) is 1. The summed E-state index contributed by atoms with van der Waals surface area (Å²) in [5.41, 5.74) is 6.55. The van der Waals surface area contributed by atoms with Gasteiger partial charge in [0.25, 0.3) is 0 Å². The minimum Gasteiger partial charge on any atom is -0.710 e. The van der Waals surface area contributed by atoms with Crippen molar-refractivity contribution in [1.82, 2.24) is 4.98 Å². The second kappa shape index (κ2) is 3.87. The highest BCUT2D eigenvalue weighted by Gasteiger charge is 2.11. The van der Waals surface area contributed by atoms with Gasteiger partial charge in [-0.2, -0.15) is 5.26 Å². The lowest BCUT2D eigenvalue weighted by Crippen LogP contribution is -2.32. The minimum atomic E-state index is -0.179. The van der Waals surface area contributed by atoms with Gasteiger partial charge in [0.1, 0.15) is 18.0 Å². The van der Waals surface area contributed by atoms with Crippen molar-refractivity contribution in [1.29, 1.82) is 5.26 Å². The second-order valence-corrected chi connectivity index (χ2v) is 3.16. The monoisotopic (exact) mass is 212 g/mol. The van der Waals surface area contributed by atoms with Crippen LogP contribution in [0, 0.1) is 16.5 Å². The summed E-state index contributed by atoms with van der Waals surface area (Å²) < 4.78 is 0.452. The summed E-state index contributed by atoms with van der Waals surface area (Å²) in [6.45, 7) is 0. The van der Waals surface area contributed by atoms with Gasteiger partial charge in [-0.1, -0.05) is 30.3 Å². The predicted molar refractivity (Wildman–Crippen MR) is 57.8 cm³/mol. The molecule has 16 heavy (non-hydrogen) atoms. The number of aromatic nitrogens is 2. The van der Waals surface area contributed by atoms with E-state index in [4.69, 9.17) is 11.0 Å². The van der Waals surface area contributed by atoms with E-state index in [2.05, 4.69) is 4.98 Å². The van der Waals surface area contributed by atoms with E-state index in [1.165, 1.54) is 6.20 Å². The predicted octanol–water partition coefficient (Wildman–Crippen LogP) is 0.836. The number of nitrogen functional groups attached to an aromatic ring is 1. The average Bonchev–Trinajstić information content (AvgIpc) is 2.33. The molecule has 2 rings (SSSR count). The fourth-order valence-electron chi connectivity index (χ4n) is 1.32. The van der Waals surface area contributed by atoms with E-state index in [0.29, 0.717) is 10.4 Å². The standard InChI is InChI=1S/C11H8N4O/c12-6-9-11(13)15(16)7-10(14-9)8-4-2-1-3-5-8/h1-5,7H,13H2. The van der Waals surface area contributed by atoms with E-state index < -0.39 is 0 Å². The van der Waals surface area contributed by atoms with Crippen LogP contribution in [-0.4, -0.2) is 4.98 Å². The lowest BCUT2D eigenvalue weighted by molar-refractivity contribution is -0.589. The van der Waals surface area contributed by atoms with E-state index in [1.807, 2.05) is 18.2 Å². The molecule has 5 heteroatoms. The van der Waals surface area contributed by atoms with Gasteiger partial charge in [-0.3, -0.25) is 5.73 Å². The highest BCUT2D eigenvalue weighted by Crippen LogP contribution is 2.16. The Labute approximate surface area is 92.0 Å². The van der Waals surface area contributed by atoms with Crippen molar-refractivity contribution < 1.29 is 4.73 Å². The van der Waals surface area contributed by atoms with Gasteiger partial charge < -0.3 is 5.21 Å². The number of anilines is 1. The van der Waals surface area contributed by atoms with Crippen LogP contribution in [0.3, 0.4) is 0 Å². The van der Waals surface area contributed by atoms with Gasteiger partial charge in [-0.15, -0.1) is 0 Å². The van der Waals surface area contributed by atoms with Crippen molar-refractivity contribution in [3.05, 3.63) is 47.4 Å². The van der Waals surface area contributed by atoms with E-state index in [1.54, 1.807) is 18.2 Å². The number of nitriles is 1. The number of benzene rings is 1. The molecule has 0 bridgehead atoms. The Morgan fingerprint density at radius 3 is 2.62 bits per heavy atom. The van der Waals surface area contributed by atoms with Crippen LogP contribution in [0.4, 0.5) is 5.82 Å². The van der Waals surface area contributed by atoms with Crippen molar-refractivity contribution in [2.45, 2.75) is 0 Å². The molecule has 0 unspecified atom stereocenters. The summed E-state index contributed by atoms with van der Waals surface area (Å²) in [6, 6.07) is 10.9. The van der Waals surface area contributed by atoms with Crippen molar-refractivity contribution in [2.75, 3.05) is 5.73 Å². The molecule has 0 aliphatic carbocycles. The molecular formula is C11H8N4O. The molecule has 0 aliphatic heterocycles. The molecule has 0 saturated heterocycles. The van der Waals surface area contributed by atoms with Crippen LogP contribution in [0.15, 0.2) is 36.5 Å². The van der Waals surface area contributed by atoms with Crippen molar-refractivity contribution in [3.8, 4) is 17.3 Å². The zero-order chi connectivity index (χ0) is 11.5. The first-order valence-corrected chi connectivity index (χ1v) is 4.57. The molecular weight excluding hydrogens is 204 g/mol. The zero-order valence-corrected chi connectivity index (χ0v) is 8.29. The second-order valence-electron chi connectivity index (χ2n) is 3.16. The Hall–Kier alpha value is -2.61. The van der Waals surface area contributed by atoms with Crippen LogP contribution < -0.4 is 10.5 Å².